The zero-order chi connectivity index (χ0) is 14.7. The first-order valence-electron chi connectivity index (χ1n) is 6.26. The SMILES string of the molecule is O=C(O)CN1CCN(Cc2c(F)ccc(Br)c2F)CC1. The summed E-state index contributed by atoms with van der Waals surface area (Å²) < 4.78 is 27.8. The third kappa shape index (κ3) is 3.74. The van der Waals surface area contributed by atoms with E-state index in [1.54, 1.807) is 0 Å². The lowest BCUT2D eigenvalue weighted by Gasteiger charge is -2.33. The molecule has 0 aromatic heterocycles. The van der Waals surface area contributed by atoms with E-state index in [0.717, 1.165) is 0 Å². The molecule has 20 heavy (non-hydrogen) atoms. The topological polar surface area (TPSA) is 43.8 Å². The summed E-state index contributed by atoms with van der Waals surface area (Å²) >= 11 is 3.05. The van der Waals surface area contributed by atoms with Crippen LogP contribution in [-0.4, -0.2) is 53.6 Å². The third-order valence-electron chi connectivity index (χ3n) is 3.34. The molecule has 1 fully saturated rings. The monoisotopic (exact) mass is 348 g/mol. The molecule has 1 aliphatic rings. The van der Waals surface area contributed by atoms with Gasteiger partial charge in [-0.2, -0.15) is 0 Å². The summed E-state index contributed by atoms with van der Waals surface area (Å²) in [6, 6.07) is 2.59. The minimum absolute atomic E-state index is 0.00739. The van der Waals surface area contributed by atoms with Gasteiger partial charge >= 0.3 is 5.97 Å². The van der Waals surface area contributed by atoms with Crippen LogP contribution in [0.2, 0.25) is 0 Å². The van der Waals surface area contributed by atoms with Gasteiger partial charge in [0.2, 0.25) is 0 Å². The molecule has 0 aliphatic carbocycles. The summed E-state index contributed by atoms with van der Waals surface area (Å²) in [6.45, 7) is 2.57. The molecule has 0 radical (unpaired) electrons. The summed E-state index contributed by atoms with van der Waals surface area (Å²) in [7, 11) is 0. The van der Waals surface area contributed by atoms with Crippen LogP contribution in [0.1, 0.15) is 5.56 Å². The number of carboxylic acids is 1. The van der Waals surface area contributed by atoms with Crippen molar-refractivity contribution < 1.29 is 18.7 Å². The Morgan fingerprint density at radius 1 is 1.20 bits per heavy atom. The van der Waals surface area contributed by atoms with Crippen LogP contribution in [-0.2, 0) is 11.3 Å². The van der Waals surface area contributed by atoms with Crippen LogP contribution < -0.4 is 0 Å². The summed E-state index contributed by atoms with van der Waals surface area (Å²) in [5, 5.41) is 8.71. The quantitative estimate of drug-likeness (QED) is 0.844. The Balaban J connectivity index is 1.96. The molecule has 1 aromatic carbocycles. The maximum atomic E-state index is 13.9. The number of aliphatic carboxylic acids is 1. The van der Waals surface area contributed by atoms with Gasteiger partial charge in [-0.1, -0.05) is 0 Å². The number of halogens is 3. The van der Waals surface area contributed by atoms with E-state index in [4.69, 9.17) is 5.11 Å². The largest absolute Gasteiger partial charge is 0.480 e. The van der Waals surface area contributed by atoms with E-state index in [2.05, 4.69) is 15.9 Å². The fourth-order valence-electron chi connectivity index (χ4n) is 2.23. The summed E-state index contributed by atoms with van der Waals surface area (Å²) in [5.74, 6) is -1.99. The fraction of sp³-hybridized carbons (Fsp3) is 0.462. The van der Waals surface area contributed by atoms with Crippen molar-refractivity contribution in [3.63, 3.8) is 0 Å². The molecule has 1 saturated heterocycles. The highest BCUT2D eigenvalue weighted by molar-refractivity contribution is 9.10. The van der Waals surface area contributed by atoms with E-state index in [1.165, 1.54) is 12.1 Å². The third-order valence-corrected chi connectivity index (χ3v) is 3.96. The van der Waals surface area contributed by atoms with Gasteiger partial charge in [0.15, 0.2) is 0 Å². The van der Waals surface area contributed by atoms with Gasteiger partial charge in [0.1, 0.15) is 11.6 Å². The highest BCUT2D eigenvalue weighted by Gasteiger charge is 2.21. The highest BCUT2D eigenvalue weighted by atomic mass is 79.9. The Labute approximate surface area is 124 Å². The standard InChI is InChI=1S/C13H15BrF2N2O2/c14-10-1-2-11(15)9(13(10)16)7-17-3-5-18(6-4-17)8-12(19)20/h1-2H,3-8H2,(H,19,20). The van der Waals surface area contributed by atoms with Crippen LogP contribution in [0.4, 0.5) is 8.78 Å². The predicted octanol–water partition coefficient (Wildman–Crippen LogP) is 1.93. The van der Waals surface area contributed by atoms with Gasteiger partial charge in [-0.25, -0.2) is 8.78 Å². The zero-order valence-electron chi connectivity index (χ0n) is 10.8. The van der Waals surface area contributed by atoms with E-state index in [1.807, 2.05) is 9.80 Å². The first-order valence-corrected chi connectivity index (χ1v) is 7.05. The molecule has 4 nitrogen and oxygen atoms in total. The first-order chi connectivity index (χ1) is 9.47. The molecule has 0 spiro atoms. The van der Waals surface area contributed by atoms with E-state index >= 15 is 0 Å². The van der Waals surface area contributed by atoms with Crippen LogP contribution in [0.25, 0.3) is 0 Å². The molecule has 0 amide bonds. The minimum Gasteiger partial charge on any atom is -0.480 e. The lowest BCUT2D eigenvalue weighted by Crippen LogP contribution is -2.47. The van der Waals surface area contributed by atoms with Crippen LogP contribution in [0.5, 0.6) is 0 Å². The van der Waals surface area contributed by atoms with Crippen LogP contribution in [0.3, 0.4) is 0 Å². The number of hydrogen-bond donors (Lipinski definition) is 1. The second kappa shape index (κ2) is 6.60. The van der Waals surface area contributed by atoms with Crippen molar-refractivity contribution in [3.05, 3.63) is 33.8 Å². The summed E-state index contributed by atoms with van der Waals surface area (Å²) in [5.41, 5.74) is 0.0473. The van der Waals surface area contributed by atoms with Gasteiger partial charge in [-0.3, -0.25) is 14.6 Å². The molecule has 1 heterocycles. The van der Waals surface area contributed by atoms with E-state index in [0.29, 0.717) is 26.2 Å². The Morgan fingerprint density at radius 3 is 2.40 bits per heavy atom. The molecule has 1 N–H and O–H groups in total. The number of piperazine rings is 1. The fourth-order valence-corrected chi connectivity index (χ4v) is 2.61. The number of rotatable bonds is 4. The zero-order valence-corrected chi connectivity index (χ0v) is 12.4. The van der Waals surface area contributed by atoms with Crippen molar-refractivity contribution in [2.45, 2.75) is 6.54 Å². The minimum atomic E-state index is -0.859. The van der Waals surface area contributed by atoms with Crippen LogP contribution in [0, 0.1) is 11.6 Å². The van der Waals surface area contributed by atoms with Crippen molar-refractivity contribution in [2.24, 2.45) is 0 Å². The molecule has 0 unspecified atom stereocenters. The number of carbonyl (C=O) groups is 1. The molecule has 0 atom stereocenters. The average Bonchev–Trinajstić information content (AvgIpc) is 2.40. The van der Waals surface area contributed by atoms with Gasteiger partial charge in [0, 0.05) is 38.3 Å². The van der Waals surface area contributed by atoms with Crippen molar-refractivity contribution in [1.82, 2.24) is 9.80 Å². The molecule has 1 aliphatic heterocycles. The first kappa shape index (κ1) is 15.3. The Bertz CT molecular complexity index is 505. The van der Waals surface area contributed by atoms with Crippen molar-refractivity contribution in [2.75, 3.05) is 32.7 Å². The number of hydrogen-bond acceptors (Lipinski definition) is 3. The summed E-state index contributed by atoms with van der Waals surface area (Å²) in [4.78, 5) is 14.3. The lowest BCUT2D eigenvalue weighted by molar-refractivity contribution is -0.138. The molecular formula is C13H15BrF2N2O2. The molecule has 110 valence electrons. The molecule has 2 rings (SSSR count). The predicted molar refractivity (Wildman–Crippen MR) is 73.4 cm³/mol. The van der Waals surface area contributed by atoms with Gasteiger partial charge in [0.05, 0.1) is 11.0 Å². The van der Waals surface area contributed by atoms with Gasteiger partial charge in [0.25, 0.3) is 0 Å². The summed E-state index contributed by atoms with van der Waals surface area (Å²) in [6.07, 6.45) is 0. The van der Waals surface area contributed by atoms with E-state index in [9.17, 15) is 13.6 Å². The highest BCUT2D eigenvalue weighted by Crippen LogP contribution is 2.23. The maximum absolute atomic E-state index is 13.9. The van der Waals surface area contributed by atoms with E-state index in [-0.39, 0.29) is 23.1 Å². The molecular weight excluding hydrogens is 334 g/mol. The van der Waals surface area contributed by atoms with Crippen LogP contribution in [0.15, 0.2) is 16.6 Å². The smallest absolute Gasteiger partial charge is 0.317 e. The molecule has 7 heteroatoms. The Morgan fingerprint density at radius 2 is 1.80 bits per heavy atom. The molecule has 1 aromatic rings. The normalized spacial score (nSPS) is 17.4. The number of carboxylic acid groups (broad SMARTS) is 1. The molecule has 0 bridgehead atoms. The van der Waals surface area contributed by atoms with Crippen molar-refractivity contribution in [3.8, 4) is 0 Å². The second-order valence-electron chi connectivity index (χ2n) is 4.77. The molecule has 0 saturated carbocycles. The second-order valence-corrected chi connectivity index (χ2v) is 5.62. The van der Waals surface area contributed by atoms with Crippen LogP contribution >= 0.6 is 15.9 Å². The lowest BCUT2D eigenvalue weighted by atomic mass is 10.1. The van der Waals surface area contributed by atoms with Gasteiger partial charge < -0.3 is 5.11 Å². The van der Waals surface area contributed by atoms with Gasteiger partial charge in [-0.15, -0.1) is 0 Å². The van der Waals surface area contributed by atoms with Gasteiger partial charge in [-0.05, 0) is 28.1 Å². The average molecular weight is 349 g/mol. The van der Waals surface area contributed by atoms with Crippen molar-refractivity contribution >= 4 is 21.9 Å². The Kier molecular flexibility index (Phi) is 5.06. The maximum Gasteiger partial charge on any atom is 0.317 e. The Hall–Kier alpha value is -1.05. The number of benzene rings is 1. The van der Waals surface area contributed by atoms with Crippen molar-refractivity contribution in [1.29, 1.82) is 0 Å². The van der Waals surface area contributed by atoms with E-state index < -0.39 is 17.6 Å². The number of nitrogens with zero attached hydrogens (tertiary/aromatic N) is 2.